The summed E-state index contributed by atoms with van der Waals surface area (Å²) in [6, 6.07) is 9.10. The van der Waals surface area contributed by atoms with Crippen molar-refractivity contribution in [1.29, 1.82) is 0 Å². The van der Waals surface area contributed by atoms with Crippen LogP contribution in [0.2, 0.25) is 0 Å². The van der Waals surface area contributed by atoms with Crippen molar-refractivity contribution in [3.63, 3.8) is 0 Å². The number of methoxy groups -OCH3 is 2. The molecule has 6 heteroatoms. The molecule has 2 unspecified atom stereocenters. The van der Waals surface area contributed by atoms with E-state index in [4.69, 9.17) is 9.47 Å². The molecule has 0 radical (unpaired) electrons. The van der Waals surface area contributed by atoms with Gasteiger partial charge in [-0.25, -0.2) is 0 Å². The number of aromatic nitrogens is 2. The lowest BCUT2D eigenvalue weighted by atomic mass is 10.0. The summed E-state index contributed by atoms with van der Waals surface area (Å²) in [5, 5.41) is 0. The fraction of sp³-hybridized carbons (Fsp3) is 0.545. The lowest BCUT2D eigenvalue weighted by Crippen LogP contribution is -2.45. The first kappa shape index (κ1) is 19.2. The smallest absolute Gasteiger partial charge is 0.122 e. The molecule has 0 aromatic carbocycles. The van der Waals surface area contributed by atoms with Gasteiger partial charge in [0.15, 0.2) is 0 Å². The van der Waals surface area contributed by atoms with Gasteiger partial charge in [0, 0.05) is 49.7 Å². The molecule has 2 atom stereocenters. The molecule has 150 valence electrons. The van der Waals surface area contributed by atoms with E-state index in [-0.39, 0.29) is 0 Å². The highest BCUT2D eigenvalue weighted by Crippen LogP contribution is 2.32. The third kappa shape index (κ3) is 4.28. The average Bonchev–Trinajstić information content (AvgIpc) is 3.37. The zero-order valence-corrected chi connectivity index (χ0v) is 16.9. The molecule has 0 N–H and O–H groups in total. The number of rotatable bonds is 7. The Hall–Kier alpha value is -2.18. The van der Waals surface area contributed by atoms with Gasteiger partial charge in [-0.15, -0.1) is 0 Å². The fourth-order valence-corrected chi connectivity index (χ4v) is 4.72. The van der Waals surface area contributed by atoms with Crippen LogP contribution in [-0.2, 0) is 13.1 Å². The van der Waals surface area contributed by atoms with Crippen molar-refractivity contribution in [3.8, 4) is 11.5 Å². The quantitative estimate of drug-likeness (QED) is 0.733. The van der Waals surface area contributed by atoms with Crippen molar-refractivity contribution in [2.45, 2.75) is 50.9 Å². The number of pyridine rings is 2. The van der Waals surface area contributed by atoms with Gasteiger partial charge in [0.25, 0.3) is 0 Å². The Kier molecular flexibility index (Phi) is 6.07. The van der Waals surface area contributed by atoms with Gasteiger partial charge < -0.3 is 9.47 Å². The summed E-state index contributed by atoms with van der Waals surface area (Å²) in [4.78, 5) is 14.3. The maximum Gasteiger partial charge on any atom is 0.122 e. The van der Waals surface area contributed by atoms with Crippen LogP contribution in [0.15, 0.2) is 36.7 Å². The van der Waals surface area contributed by atoms with E-state index >= 15 is 0 Å². The molecular weight excluding hydrogens is 352 g/mol. The third-order valence-corrected chi connectivity index (χ3v) is 6.05. The van der Waals surface area contributed by atoms with E-state index in [9.17, 15) is 0 Å². The minimum absolute atomic E-state index is 0.584. The molecule has 0 aliphatic carbocycles. The molecule has 2 aromatic heterocycles. The minimum atomic E-state index is 0.584. The van der Waals surface area contributed by atoms with Gasteiger partial charge in [0.1, 0.15) is 11.5 Å². The van der Waals surface area contributed by atoms with Crippen molar-refractivity contribution < 1.29 is 9.47 Å². The van der Waals surface area contributed by atoms with Gasteiger partial charge in [-0.05, 0) is 50.9 Å². The molecule has 4 heterocycles. The minimum Gasteiger partial charge on any atom is -0.497 e. The van der Waals surface area contributed by atoms with E-state index in [1.165, 1.54) is 25.7 Å². The Morgan fingerprint density at radius 3 is 1.71 bits per heavy atom. The van der Waals surface area contributed by atoms with Crippen LogP contribution in [0.4, 0.5) is 0 Å². The molecule has 28 heavy (non-hydrogen) atoms. The topological polar surface area (TPSA) is 50.7 Å². The first-order chi connectivity index (χ1) is 13.8. The molecule has 0 amide bonds. The number of hydrogen-bond donors (Lipinski definition) is 0. The van der Waals surface area contributed by atoms with Crippen LogP contribution < -0.4 is 9.47 Å². The normalized spacial score (nSPS) is 23.2. The molecule has 0 bridgehead atoms. The number of nitrogens with zero attached hydrogens (tertiary/aromatic N) is 4. The maximum absolute atomic E-state index is 5.36. The van der Waals surface area contributed by atoms with Gasteiger partial charge in [0.2, 0.25) is 0 Å². The molecule has 2 aromatic rings. The number of ether oxygens (including phenoxy) is 2. The van der Waals surface area contributed by atoms with E-state index in [2.05, 4.69) is 31.9 Å². The molecule has 0 spiro atoms. The molecule has 2 aliphatic rings. The summed E-state index contributed by atoms with van der Waals surface area (Å²) in [6.45, 7) is 4.07. The van der Waals surface area contributed by atoms with Crippen LogP contribution in [0.3, 0.4) is 0 Å². The lowest BCUT2D eigenvalue weighted by Gasteiger charge is -2.35. The molecule has 0 saturated carbocycles. The van der Waals surface area contributed by atoms with Crippen LogP contribution in [0.5, 0.6) is 11.5 Å². The van der Waals surface area contributed by atoms with E-state index < -0.39 is 0 Å². The first-order valence-corrected chi connectivity index (χ1v) is 10.2. The molecular formula is C22H30N4O2. The largest absolute Gasteiger partial charge is 0.497 e. The second-order valence-electron chi connectivity index (χ2n) is 7.73. The van der Waals surface area contributed by atoms with Gasteiger partial charge >= 0.3 is 0 Å². The number of likely N-dealkylation sites (tertiary alicyclic amines) is 2. The van der Waals surface area contributed by atoms with Crippen molar-refractivity contribution in [3.05, 3.63) is 48.0 Å². The van der Waals surface area contributed by atoms with Gasteiger partial charge in [-0.1, -0.05) is 0 Å². The van der Waals surface area contributed by atoms with Gasteiger partial charge in [-0.3, -0.25) is 19.8 Å². The zero-order chi connectivity index (χ0) is 19.3. The molecule has 6 nitrogen and oxygen atoms in total. The standard InChI is InChI=1S/C22H30N4O2/c1-27-19-7-9-23-17(13-19)15-25-11-3-5-21(25)22-6-4-12-26(22)16-18-14-20(28-2)8-10-24-18/h7-10,13-14,21-22H,3-6,11-12,15-16H2,1-2H3. The molecule has 2 fully saturated rings. The predicted molar refractivity (Wildman–Crippen MR) is 108 cm³/mol. The predicted octanol–water partition coefficient (Wildman–Crippen LogP) is 3.12. The highest BCUT2D eigenvalue weighted by molar-refractivity contribution is 5.23. The summed E-state index contributed by atoms with van der Waals surface area (Å²) in [6.07, 6.45) is 8.73. The SMILES string of the molecule is COc1ccnc(CN2CCCC2C2CCCN2Cc2cc(OC)ccn2)c1. The van der Waals surface area contributed by atoms with Crippen molar-refractivity contribution in [2.24, 2.45) is 0 Å². The van der Waals surface area contributed by atoms with Gasteiger partial charge in [0.05, 0.1) is 25.6 Å². The molecule has 4 rings (SSSR count). The van der Waals surface area contributed by atoms with E-state index in [0.717, 1.165) is 49.1 Å². The fourth-order valence-electron chi connectivity index (χ4n) is 4.72. The van der Waals surface area contributed by atoms with Gasteiger partial charge in [-0.2, -0.15) is 0 Å². The maximum atomic E-state index is 5.36. The van der Waals surface area contributed by atoms with Crippen molar-refractivity contribution in [1.82, 2.24) is 19.8 Å². The Labute approximate surface area is 167 Å². The Balaban J connectivity index is 1.45. The second kappa shape index (κ2) is 8.88. The Bertz CT molecular complexity index is 719. The molecule has 2 aliphatic heterocycles. The monoisotopic (exact) mass is 382 g/mol. The third-order valence-electron chi connectivity index (χ3n) is 6.05. The van der Waals surface area contributed by atoms with Crippen molar-refractivity contribution in [2.75, 3.05) is 27.3 Å². The summed E-state index contributed by atoms with van der Waals surface area (Å²) in [5.41, 5.74) is 2.18. The van der Waals surface area contributed by atoms with Crippen LogP contribution in [0.1, 0.15) is 37.1 Å². The lowest BCUT2D eigenvalue weighted by molar-refractivity contribution is 0.122. The second-order valence-corrected chi connectivity index (χ2v) is 7.73. The summed E-state index contributed by atoms with van der Waals surface area (Å²) >= 11 is 0. The summed E-state index contributed by atoms with van der Waals surface area (Å²) < 4.78 is 10.7. The van der Waals surface area contributed by atoms with Crippen LogP contribution in [-0.4, -0.2) is 59.2 Å². The van der Waals surface area contributed by atoms with Crippen LogP contribution in [0.25, 0.3) is 0 Å². The van der Waals surface area contributed by atoms with Crippen molar-refractivity contribution >= 4 is 0 Å². The Morgan fingerprint density at radius 1 is 0.821 bits per heavy atom. The van der Waals surface area contributed by atoms with E-state index in [1.54, 1.807) is 14.2 Å². The number of hydrogen-bond acceptors (Lipinski definition) is 6. The average molecular weight is 383 g/mol. The van der Waals surface area contributed by atoms with Crippen LogP contribution >= 0.6 is 0 Å². The zero-order valence-electron chi connectivity index (χ0n) is 16.9. The Morgan fingerprint density at radius 2 is 1.29 bits per heavy atom. The van der Waals surface area contributed by atoms with E-state index in [1.807, 2.05) is 24.5 Å². The summed E-state index contributed by atoms with van der Waals surface area (Å²) in [7, 11) is 3.42. The first-order valence-electron chi connectivity index (χ1n) is 10.2. The highest BCUT2D eigenvalue weighted by atomic mass is 16.5. The molecule has 2 saturated heterocycles. The summed E-state index contributed by atoms with van der Waals surface area (Å²) in [5.74, 6) is 1.76. The van der Waals surface area contributed by atoms with Crippen LogP contribution in [0, 0.1) is 0 Å². The highest BCUT2D eigenvalue weighted by Gasteiger charge is 2.37. The van der Waals surface area contributed by atoms with E-state index in [0.29, 0.717) is 12.1 Å².